The van der Waals surface area contributed by atoms with Gasteiger partial charge in [-0.2, -0.15) is 5.10 Å². The molecular formula is C18H21N5O. The molecule has 0 bridgehead atoms. The summed E-state index contributed by atoms with van der Waals surface area (Å²) >= 11 is 0. The zero-order valence-corrected chi connectivity index (χ0v) is 13.5. The van der Waals surface area contributed by atoms with Crippen molar-refractivity contribution in [3.05, 3.63) is 41.8 Å². The third kappa shape index (κ3) is 2.73. The summed E-state index contributed by atoms with van der Waals surface area (Å²) in [7, 11) is 0. The number of pyridine rings is 1. The molecule has 0 spiro atoms. The molecule has 4 N–H and O–H groups in total. The zero-order valence-electron chi connectivity index (χ0n) is 13.5. The number of aromatic amines is 1. The first-order chi connectivity index (χ1) is 11.7. The number of aromatic nitrogens is 3. The highest BCUT2D eigenvalue weighted by Crippen LogP contribution is 2.34. The lowest BCUT2D eigenvalue weighted by Crippen LogP contribution is -2.31. The zero-order chi connectivity index (χ0) is 16.5. The van der Waals surface area contributed by atoms with Crippen LogP contribution in [0.5, 0.6) is 0 Å². The lowest BCUT2D eigenvalue weighted by Gasteiger charge is -2.26. The van der Waals surface area contributed by atoms with Gasteiger partial charge in [0.1, 0.15) is 0 Å². The second kappa shape index (κ2) is 6.20. The molecule has 2 aliphatic rings. The van der Waals surface area contributed by atoms with Crippen LogP contribution in [0.25, 0.3) is 11.0 Å². The largest absolute Gasteiger partial charge is 0.327 e. The Kier molecular flexibility index (Phi) is 3.90. The number of H-pyrrole nitrogens is 1. The summed E-state index contributed by atoms with van der Waals surface area (Å²) < 4.78 is 0. The number of carbonyl (C=O) groups is 1. The van der Waals surface area contributed by atoms with E-state index in [9.17, 15) is 4.79 Å². The molecule has 6 nitrogen and oxygen atoms in total. The van der Waals surface area contributed by atoms with Crippen LogP contribution in [0.4, 0.5) is 5.69 Å². The molecule has 1 amide bonds. The molecule has 0 aromatic carbocycles. The molecule has 1 unspecified atom stereocenters. The number of anilines is 1. The van der Waals surface area contributed by atoms with Crippen LogP contribution in [0.2, 0.25) is 0 Å². The first-order valence-electron chi connectivity index (χ1n) is 8.48. The molecule has 1 saturated carbocycles. The normalized spacial score (nSPS) is 23.9. The number of allylic oxidation sites excluding steroid dienone is 1. The van der Waals surface area contributed by atoms with Crippen LogP contribution in [-0.4, -0.2) is 27.1 Å². The number of rotatable bonds is 2. The Balaban J connectivity index is 1.56. The molecule has 6 heteroatoms. The van der Waals surface area contributed by atoms with Gasteiger partial charge in [-0.05, 0) is 37.7 Å². The van der Waals surface area contributed by atoms with Crippen molar-refractivity contribution in [2.45, 2.75) is 38.1 Å². The predicted octanol–water partition coefficient (Wildman–Crippen LogP) is 2.67. The van der Waals surface area contributed by atoms with Crippen LogP contribution in [0.3, 0.4) is 0 Å². The van der Waals surface area contributed by atoms with E-state index < -0.39 is 0 Å². The quantitative estimate of drug-likeness (QED) is 0.791. The van der Waals surface area contributed by atoms with Gasteiger partial charge in [0.05, 0.1) is 17.3 Å². The highest BCUT2D eigenvalue weighted by atomic mass is 16.1. The third-order valence-corrected chi connectivity index (χ3v) is 5.04. The highest BCUT2D eigenvalue weighted by molar-refractivity contribution is 6.09. The molecule has 2 aliphatic carbocycles. The van der Waals surface area contributed by atoms with E-state index in [1.54, 1.807) is 18.5 Å². The summed E-state index contributed by atoms with van der Waals surface area (Å²) in [6.07, 6.45) is 12.7. The van der Waals surface area contributed by atoms with Crippen LogP contribution in [0, 0.1) is 5.92 Å². The molecule has 0 aliphatic heterocycles. The van der Waals surface area contributed by atoms with Crippen molar-refractivity contribution < 1.29 is 4.79 Å². The third-order valence-electron chi connectivity index (χ3n) is 5.04. The Hall–Kier alpha value is -2.47. The summed E-state index contributed by atoms with van der Waals surface area (Å²) in [5.41, 5.74) is 9.74. The van der Waals surface area contributed by atoms with Crippen molar-refractivity contribution in [2.24, 2.45) is 11.7 Å². The minimum Gasteiger partial charge on any atom is -0.327 e. The first kappa shape index (κ1) is 15.1. The second-order valence-electron chi connectivity index (χ2n) is 6.58. The van der Waals surface area contributed by atoms with Crippen molar-refractivity contribution in [1.82, 2.24) is 15.2 Å². The Morgan fingerprint density at radius 1 is 1.38 bits per heavy atom. The Bertz CT molecular complexity index is 835. The van der Waals surface area contributed by atoms with E-state index in [0.29, 0.717) is 11.6 Å². The van der Waals surface area contributed by atoms with Gasteiger partial charge in [-0.3, -0.25) is 9.89 Å². The van der Waals surface area contributed by atoms with Gasteiger partial charge in [0.25, 0.3) is 5.91 Å². The van der Waals surface area contributed by atoms with Gasteiger partial charge in [0.2, 0.25) is 0 Å². The van der Waals surface area contributed by atoms with Crippen molar-refractivity contribution in [2.75, 3.05) is 5.32 Å². The van der Waals surface area contributed by atoms with Gasteiger partial charge in [-0.15, -0.1) is 0 Å². The number of nitrogens with two attached hydrogens (primary N) is 1. The molecular weight excluding hydrogens is 302 g/mol. The fraction of sp³-hybridized carbons (Fsp3) is 0.389. The number of hydrogen-bond donors (Lipinski definition) is 3. The van der Waals surface area contributed by atoms with E-state index in [-0.39, 0.29) is 11.9 Å². The molecule has 0 radical (unpaired) electrons. The van der Waals surface area contributed by atoms with E-state index in [4.69, 9.17) is 5.73 Å². The van der Waals surface area contributed by atoms with Crippen LogP contribution in [0.1, 0.15) is 32.1 Å². The Labute approximate surface area is 140 Å². The van der Waals surface area contributed by atoms with Crippen molar-refractivity contribution in [1.29, 1.82) is 0 Å². The van der Waals surface area contributed by atoms with Crippen LogP contribution in [0.15, 0.2) is 41.8 Å². The fourth-order valence-electron chi connectivity index (χ4n) is 3.70. The molecule has 0 saturated heterocycles. The molecule has 2 atom stereocenters. The molecule has 124 valence electrons. The van der Waals surface area contributed by atoms with E-state index in [2.05, 4.69) is 20.5 Å². The summed E-state index contributed by atoms with van der Waals surface area (Å²) in [6.45, 7) is 0. The van der Waals surface area contributed by atoms with E-state index in [1.807, 2.05) is 12.2 Å². The monoisotopic (exact) mass is 323 g/mol. The highest BCUT2D eigenvalue weighted by Gasteiger charge is 2.27. The van der Waals surface area contributed by atoms with Gasteiger partial charge in [-0.25, -0.2) is 4.98 Å². The smallest absolute Gasteiger partial charge is 0.255 e. The topological polar surface area (TPSA) is 96.7 Å². The molecule has 2 heterocycles. The minimum atomic E-state index is -0.0903. The number of carbonyl (C=O) groups excluding carboxylic acids is 1. The SMILES string of the molecule is N[C@@H]1CCCCC2=CC(C(=O)Nc3ccnc4[nH]ncc34)=CCC21. The minimum absolute atomic E-state index is 0.0903. The number of fused-ring (bicyclic) bond motifs is 2. The van der Waals surface area contributed by atoms with Gasteiger partial charge < -0.3 is 11.1 Å². The molecule has 2 aromatic rings. The molecule has 24 heavy (non-hydrogen) atoms. The standard InChI is InChI=1S/C18H21N5O/c19-15-4-2-1-3-11-9-12(5-6-13(11)15)18(24)22-16-7-8-20-17-14(16)10-21-23-17/h5,7-10,13,15H,1-4,6,19H2,(H2,20,21,22,23,24)/t13?,15-/m1/s1. The average molecular weight is 323 g/mol. The molecule has 4 rings (SSSR count). The Morgan fingerprint density at radius 3 is 3.21 bits per heavy atom. The van der Waals surface area contributed by atoms with Crippen molar-refractivity contribution in [3.63, 3.8) is 0 Å². The number of nitrogens with one attached hydrogen (secondary N) is 2. The van der Waals surface area contributed by atoms with Gasteiger partial charge in [0, 0.05) is 17.8 Å². The van der Waals surface area contributed by atoms with Gasteiger partial charge in [-0.1, -0.05) is 24.1 Å². The number of hydrogen-bond acceptors (Lipinski definition) is 4. The van der Waals surface area contributed by atoms with E-state index in [1.165, 1.54) is 12.0 Å². The van der Waals surface area contributed by atoms with Crippen LogP contribution >= 0.6 is 0 Å². The lowest BCUT2D eigenvalue weighted by molar-refractivity contribution is -0.112. The van der Waals surface area contributed by atoms with Gasteiger partial charge >= 0.3 is 0 Å². The average Bonchev–Trinajstić information content (AvgIpc) is 3.00. The number of amides is 1. The van der Waals surface area contributed by atoms with E-state index >= 15 is 0 Å². The van der Waals surface area contributed by atoms with Crippen molar-refractivity contribution >= 4 is 22.6 Å². The van der Waals surface area contributed by atoms with Crippen LogP contribution < -0.4 is 11.1 Å². The second-order valence-corrected chi connectivity index (χ2v) is 6.58. The molecule has 1 fully saturated rings. The summed E-state index contributed by atoms with van der Waals surface area (Å²) in [6, 6.07) is 2.00. The first-order valence-corrected chi connectivity index (χ1v) is 8.48. The maximum Gasteiger partial charge on any atom is 0.255 e. The Morgan fingerprint density at radius 2 is 2.29 bits per heavy atom. The van der Waals surface area contributed by atoms with Crippen LogP contribution in [-0.2, 0) is 4.79 Å². The predicted molar refractivity (Wildman–Crippen MR) is 93.2 cm³/mol. The maximum absolute atomic E-state index is 12.7. The van der Waals surface area contributed by atoms with Crippen molar-refractivity contribution in [3.8, 4) is 0 Å². The van der Waals surface area contributed by atoms with E-state index in [0.717, 1.165) is 42.3 Å². The van der Waals surface area contributed by atoms with Gasteiger partial charge in [0.15, 0.2) is 5.65 Å². The molecule has 2 aromatic heterocycles. The summed E-state index contributed by atoms with van der Waals surface area (Å²) in [5.74, 6) is 0.304. The number of nitrogens with zero attached hydrogens (tertiary/aromatic N) is 2. The summed E-state index contributed by atoms with van der Waals surface area (Å²) in [4.78, 5) is 16.9. The lowest BCUT2D eigenvalue weighted by atomic mass is 9.82. The fourth-order valence-corrected chi connectivity index (χ4v) is 3.70. The summed E-state index contributed by atoms with van der Waals surface area (Å²) in [5, 5.41) is 10.6. The maximum atomic E-state index is 12.7.